The second-order valence-electron chi connectivity index (χ2n) is 7.39. The van der Waals surface area contributed by atoms with Gasteiger partial charge < -0.3 is 15.5 Å². The van der Waals surface area contributed by atoms with Crippen molar-refractivity contribution in [1.82, 2.24) is 5.32 Å². The van der Waals surface area contributed by atoms with E-state index in [2.05, 4.69) is 22.5 Å². The Kier molecular flexibility index (Phi) is 5.95. The topological polar surface area (TPSA) is 61.4 Å². The van der Waals surface area contributed by atoms with E-state index in [1.807, 2.05) is 24.3 Å². The maximum absolute atomic E-state index is 12.1. The summed E-state index contributed by atoms with van der Waals surface area (Å²) >= 11 is 0. The molecule has 2 aliphatic rings. The van der Waals surface area contributed by atoms with Crippen LogP contribution >= 0.6 is 0 Å². The van der Waals surface area contributed by atoms with Crippen molar-refractivity contribution >= 4 is 23.2 Å². The molecule has 2 amide bonds. The fourth-order valence-corrected chi connectivity index (χ4v) is 3.86. The summed E-state index contributed by atoms with van der Waals surface area (Å²) in [6.45, 7) is 4.32. The standard InChI is InChI=1S/C20H29N3O2/c1-15-7-3-4-8-18(15)22-20(25)19(24)21-16-9-11-17(12-10-16)23-13-5-2-6-14-23/h9-12,15,18H,2-8,13-14H2,1H3,(H,21,24)(H,22,25). The summed E-state index contributed by atoms with van der Waals surface area (Å²) in [6.07, 6.45) is 8.18. The van der Waals surface area contributed by atoms with Gasteiger partial charge in [0.1, 0.15) is 0 Å². The van der Waals surface area contributed by atoms with Crippen LogP contribution in [0, 0.1) is 5.92 Å². The molecular formula is C20H29N3O2. The van der Waals surface area contributed by atoms with Crippen molar-refractivity contribution in [2.75, 3.05) is 23.3 Å². The number of anilines is 2. The molecule has 1 aromatic carbocycles. The highest BCUT2D eigenvalue weighted by Crippen LogP contribution is 2.24. The van der Waals surface area contributed by atoms with E-state index in [0.717, 1.165) is 32.4 Å². The third kappa shape index (κ3) is 4.74. The van der Waals surface area contributed by atoms with E-state index in [-0.39, 0.29) is 6.04 Å². The number of amides is 2. The third-order valence-corrected chi connectivity index (χ3v) is 5.48. The van der Waals surface area contributed by atoms with Gasteiger partial charge in [-0.25, -0.2) is 0 Å². The first-order chi connectivity index (χ1) is 12.1. The summed E-state index contributed by atoms with van der Waals surface area (Å²) in [5, 5.41) is 5.60. The van der Waals surface area contributed by atoms with Gasteiger partial charge in [-0.15, -0.1) is 0 Å². The maximum atomic E-state index is 12.1. The second-order valence-corrected chi connectivity index (χ2v) is 7.39. The number of nitrogens with zero attached hydrogens (tertiary/aromatic N) is 1. The Morgan fingerprint density at radius 2 is 1.60 bits per heavy atom. The van der Waals surface area contributed by atoms with Gasteiger partial charge in [0.05, 0.1) is 0 Å². The number of piperidine rings is 1. The Morgan fingerprint density at radius 1 is 0.920 bits per heavy atom. The summed E-state index contributed by atoms with van der Waals surface area (Å²) in [4.78, 5) is 26.7. The summed E-state index contributed by atoms with van der Waals surface area (Å²) in [5.41, 5.74) is 1.84. The SMILES string of the molecule is CC1CCCCC1NC(=O)C(=O)Nc1ccc(N2CCCCC2)cc1. The zero-order valence-corrected chi connectivity index (χ0v) is 15.1. The zero-order chi connectivity index (χ0) is 17.6. The second kappa shape index (κ2) is 8.37. The molecule has 0 spiro atoms. The van der Waals surface area contributed by atoms with Crippen LogP contribution in [0.25, 0.3) is 0 Å². The molecule has 0 aromatic heterocycles. The zero-order valence-electron chi connectivity index (χ0n) is 15.1. The number of rotatable bonds is 3. The first-order valence-corrected chi connectivity index (χ1v) is 9.60. The first kappa shape index (κ1) is 17.8. The number of benzene rings is 1. The molecule has 1 saturated heterocycles. The van der Waals surface area contributed by atoms with E-state index in [1.54, 1.807) is 0 Å². The predicted molar refractivity (Wildman–Crippen MR) is 101 cm³/mol. The number of nitrogens with one attached hydrogen (secondary N) is 2. The van der Waals surface area contributed by atoms with E-state index >= 15 is 0 Å². The maximum Gasteiger partial charge on any atom is 0.313 e. The van der Waals surface area contributed by atoms with Gasteiger partial charge in [0.2, 0.25) is 0 Å². The number of hydrogen-bond donors (Lipinski definition) is 2. The fraction of sp³-hybridized carbons (Fsp3) is 0.600. The van der Waals surface area contributed by atoms with Gasteiger partial charge in [-0.3, -0.25) is 9.59 Å². The molecule has 1 heterocycles. The molecule has 3 rings (SSSR count). The quantitative estimate of drug-likeness (QED) is 0.828. The van der Waals surface area contributed by atoms with Gasteiger partial charge in [0.25, 0.3) is 0 Å². The molecular weight excluding hydrogens is 314 g/mol. The van der Waals surface area contributed by atoms with Crippen molar-refractivity contribution in [3.8, 4) is 0 Å². The minimum Gasteiger partial charge on any atom is -0.372 e. The molecule has 1 aliphatic heterocycles. The van der Waals surface area contributed by atoms with Crippen LogP contribution in [0.2, 0.25) is 0 Å². The molecule has 2 N–H and O–H groups in total. The fourth-order valence-electron chi connectivity index (χ4n) is 3.86. The Morgan fingerprint density at radius 3 is 2.28 bits per heavy atom. The number of carbonyl (C=O) groups is 2. The van der Waals surface area contributed by atoms with Gasteiger partial charge in [0.15, 0.2) is 0 Å². The van der Waals surface area contributed by atoms with Crippen LogP contribution in [0.15, 0.2) is 24.3 Å². The van der Waals surface area contributed by atoms with Crippen LogP contribution in [0.5, 0.6) is 0 Å². The molecule has 1 aliphatic carbocycles. The molecule has 1 aromatic rings. The van der Waals surface area contributed by atoms with Crippen LogP contribution < -0.4 is 15.5 Å². The Bertz CT molecular complexity index is 593. The van der Waals surface area contributed by atoms with E-state index in [1.165, 1.54) is 31.4 Å². The number of hydrogen-bond acceptors (Lipinski definition) is 3. The van der Waals surface area contributed by atoms with Gasteiger partial charge in [-0.05, 0) is 62.3 Å². The Hall–Kier alpha value is -2.04. The van der Waals surface area contributed by atoms with E-state index in [0.29, 0.717) is 11.6 Å². The molecule has 0 bridgehead atoms. The molecule has 5 heteroatoms. The van der Waals surface area contributed by atoms with Crippen LogP contribution in [-0.4, -0.2) is 30.9 Å². The molecule has 0 radical (unpaired) electrons. The minimum absolute atomic E-state index is 0.119. The van der Waals surface area contributed by atoms with Crippen LogP contribution in [0.4, 0.5) is 11.4 Å². The smallest absolute Gasteiger partial charge is 0.313 e. The highest BCUT2D eigenvalue weighted by Gasteiger charge is 2.25. The molecule has 136 valence electrons. The van der Waals surface area contributed by atoms with Crippen molar-refractivity contribution in [3.05, 3.63) is 24.3 Å². The first-order valence-electron chi connectivity index (χ1n) is 9.60. The summed E-state index contributed by atoms with van der Waals surface area (Å²) in [6, 6.07) is 7.90. The number of carbonyl (C=O) groups excluding carboxylic acids is 2. The highest BCUT2D eigenvalue weighted by molar-refractivity contribution is 6.39. The average molecular weight is 343 g/mol. The Labute approximate surface area is 150 Å². The van der Waals surface area contributed by atoms with Gasteiger partial charge in [-0.1, -0.05) is 19.8 Å². The third-order valence-electron chi connectivity index (χ3n) is 5.48. The monoisotopic (exact) mass is 343 g/mol. The van der Waals surface area contributed by atoms with Crippen LogP contribution in [-0.2, 0) is 9.59 Å². The Balaban J connectivity index is 1.52. The van der Waals surface area contributed by atoms with Crippen molar-refractivity contribution < 1.29 is 9.59 Å². The van der Waals surface area contributed by atoms with E-state index in [4.69, 9.17) is 0 Å². The lowest BCUT2D eigenvalue weighted by atomic mass is 9.86. The highest BCUT2D eigenvalue weighted by atomic mass is 16.2. The van der Waals surface area contributed by atoms with Crippen molar-refractivity contribution in [2.24, 2.45) is 5.92 Å². The average Bonchev–Trinajstić information content (AvgIpc) is 2.65. The lowest BCUT2D eigenvalue weighted by Crippen LogP contribution is -2.45. The molecule has 1 saturated carbocycles. The van der Waals surface area contributed by atoms with Crippen LogP contribution in [0.1, 0.15) is 51.9 Å². The van der Waals surface area contributed by atoms with Gasteiger partial charge >= 0.3 is 11.8 Å². The molecule has 2 unspecified atom stereocenters. The largest absolute Gasteiger partial charge is 0.372 e. The lowest BCUT2D eigenvalue weighted by molar-refractivity contribution is -0.137. The van der Waals surface area contributed by atoms with Crippen molar-refractivity contribution in [3.63, 3.8) is 0 Å². The minimum atomic E-state index is -0.580. The van der Waals surface area contributed by atoms with Crippen molar-refractivity contribution in [2.45, 2.75) is 57.9 Å². The van der Waals surface area contributed by atoms with E-state index < -0.39 is 11.8 Å². The summed E-state index contributed by atoms with van der Waals surface area (Å²) < 4.78 is 0. The molecule has 5 nitrogen and oxygen atoms in total. The van der Waals surface area contributed by atoms with Crippen LogP contribution in [0.3, 0.4) is 0 Å². The van der Waals surface area contributed by atoms with Gasteiger partial charge in [0, 0.05) is 30.5 Å². The molecule has 2 atom stereocenters. The summed E-state index contributed by atoms with van der Waals surface area (Å²) in [5.74, 6) is -0.670. The normalized spacial score (nSPS) is 23.8. The van der Waals surface area contributed by atoms with Gasteiger partial charge in [-0.2, -0.15) is 0 Å². The van der Waals surface area contributed by atoms with E-state index in [9.17, 15) is 9.59 Å². The molecule has 2 fully saturated rings. The predicted octanol–water partition coefficient (Wildman–Crippen LogP) is 3.31. The van der Waals surface area contributed by atoms with Crippen molar-refractivity contribution in [1.29, 1.82) is 0 Å². The summed E-state index contributed by atoms with van der Waals surface area (Å²) in [7, 11) is 0. The molecule has 25 heavy (non-hydrogen) atoms. The lowest BCUT2D eigenvalue weighted by Gasteiger charge is -2.29.